The minimum Gasteiger partial charge on any atom is -0.379 e. The van der Waals surface area contributed by atoms with E-state index in [9.17, 15) is 9.18 Å². The topological polar surface area (TPSA) is 109 Å². The second kappa shape index (κ2) is 10.1. The average Bonchev–Trinajstić information content (AvgIpc) is 3.62. The van der Waals surface area contributed by atoms with E-state index in [0.29, 0.717) is 29.5 Å². The van der Waals surface area contributed by atoms with Crippen molar-refractivity contribution in [3.8, 4) is 0 Å². The molecule has 2 aliphatic carbocycles. The Hall–Kier alpha value is -4.08. The van der Waals surface area contributed by atoms with Crippen molar-refractivity contribution in [1.29, 1.82) is 0 Å². The molecule has 0 bridgehead atoms. The summed E-state index contributed by atoms with van der Waals surface area (Å²) in [6.45, 7) is 0. The zero-order chi connectivity index (χ0) is 25.2. The molecule has 4 aromatic heterocycles. The fourth-order valence-electron chi connectivity index (χ4n) is 4.95. The van der Waals surface area contributed by atoms with Crippen molar-refractivity contribution in [2.75, 3.05) is 16.0 Å². The van der Waals surface area contributed by atoms with E-state index in [4.69, 9.17) is 5.10 Å². The first kappa shape index (κ1) is 23.3. The SMILES string of the molecule is O=C(Nc1ccncc1F)c1cnc2c(NC3CC3)cc(NC3CCC(Cc4ccccn4)CC3)nn12. The number of amides is 1. The van der Waals surface area contributed by atoms with Crippen LogP contribution < -0.4 is 16.0 Å². The minimum atomic E-state index is -0.602. The van der Waals surface area contributed by atoms with Crippen molar-refractivity contribution < 1.29 is 9.18 Å². The molecule has 190 valence electrons. The van der Waals surface area contributed by atoms with E-state index in [2.05, 4.69) is 37.0 Å². The normalized spacial score (nSPS) is 19.5. The number of fused-ring (bicyclic) bond motifs is 1. The summed E-state index contributed by atoms with van der Waals surface area (Å²) in [5.41, 5.74) is 2.84. The van der Waals surface area contributed by atoms with Crippen LogP contribution in [0.1, 0.15) is 54.7 Å². The highest BCUT2D eigenvalue weighted by Gasteiger charge is 2.26. The highest BCUT2D eigenvalue weighted by atomic mass is 19.1. The maximum absolute atomic E-state index is 14.1. The lowest BCUT2D eigenvalue weighted by Gasteiger charge is -2.29. The number of aromatic nitrogens is 5. The van der Waals surface area contributed by atoms with Gasteiger partial charge in [-0.2, -0.15) is 0 Å². The van der Waals surface area contributed by atoms with Gasteiger partial charge in [-0.25, -0.2) is 13.9 Å². The van der Waals surface area contributed by atoms with Crippen LogP contribution in [0.2, 0.25) is 0 Å². The highest BCUT2D eigenvalue weighted by Crippen LogP contribution is 2.31. The van der Waals surface area contributed by atoms with Gasteiger partial charge in [-0.05, 0) is 69.1 Å². The number of anilines is 3. The van der Waals surface area contributed by atoms with Crippen molar-refractivity contribution in [1.82, 2.24) is 24.6 Å². The third kappa shape index (κ3) is 5.37. The number of hydrogen-bond donors (Lipinski definition) is 3. The van der Waals surface area contributed by atoms with E-state index in [0.717, 1.165) is 62.5 Å². The molecule has 1 amide bonds. The summed E-state index contributed by atoms with van der Waals surface area (Å²) < 4.78 is 15.6. The summed E-state index contributed by atoms with van der Waals surface area (Å²) in [7, 11) is 0. The molecule has 2 fully saturated rings. The molecule has 4 aromatic rings. The Labute approximate surface area is 213 Å². The predicted octanol–water partition coefficient (Wildman–Crippen LogP) is 4.70. The molecular weight excluding hydrogens is 471 g/mol. The summed E-state index contributed by atoms with van der Waals surface area (Å²) in [5, 5.41) is 14.4. The highest BCUT2D eigenvalue weighted by molar-refractivity contribution is 6.03. The van der Waals surface area contributed by atoms with Gasteiger partial charge in [-0.3, -0.25) is 14.8 Å². The van der Waals surface area contributed by atoms with Gasteiger partial charge >= 0.3 is 0 Å². The van der Waals surface area contributed by atoms with Crippen LogP contribution in [0.3, 0.4) is 0 Å². The first-order chi connectivity index (χ1) is 18.1. The molecule has 2 aliphatic rings. The van der Waals surface area contributed by atoms with Crippen molar-refractivity contribution in [2.45, 2.75) is 57.0 Å². The molecular formula is C27H29FN8O. The monoisotopic (exact) mass is 500 g/mol. The number of rotatable bonds is 8. The zero-order valence-electron chi connectivity index (χ0n) is 20.4. The number of imidazole rings is 1. The van der Waals surface area contributed by atoms with Crippen LogP contribution in [0.4, 0.5) is 21.6 Å². The smallest absolute Gasteiger partial charge is 0.276 e. The molecule has 2 saturated carbocycles. The Balaban J connectivity index is 1.19. The molecule has 3 N–H and O–H groups in total. The quantitative estimate of drug-likeness (QED) is 0.322. The second-order valence-corrected chi connectivity index (χ2v) is 9.94. The third-order valence-corrected chi connectivity index (χ3v) is 7.08. The summed E-state index contributed by atoms with van der Waals surface area (Å²) >= 11 is 0. The summed E-state index contributed by atoms with van der Waals surface area (Å²) in [6, 6.07) is 10.2. The Bertz CT molecular complexity index is 1400. The van der Waals surface area contributed by atoms with Gasteiger partial charge in [0, 0.05) is 36.2 Å². The number of nitrogens with one attached hydrogen (secondary N) is 3. The predicted molar refractivity (Wildman–Crippen MR) is 139 cm³/mol. The van der Waals surface area contributed by atoms with E-state index in [1.807, 2.05) is 24.4 Å². The van der Waals surface area contributed by atoms with Gasteiger partial charge in [0.25, 0.3) is 5.91 Å². The Morgan fingerprint density at radius 2 is 1.76 bits per heavy atom. The summed E-state index contributed by atoms with van der Waals surface area (Å²) in [6.07, 6.45) is 13.4. The lowest BCUT2D eigenvalue weighted by molar-refractivity contribution is 0.102. The van der Waals surface area contributed by atoms with Crippen molar-refractivity contribution in [3.05, 3.63) is 72.3 Å². The van der Waals surface area contributed by atoms with E-state index < -0.39 is 11.7 Å². The van der Waals surface area contributed by atoms with Crippen molar-refractivity contribution in [2.24, 2.45) is 5.92 Å². The van der Waals surface area contributed by atoms with Gasteiger partial charge < -0.3 is 16.0 Å². The lowest BCUT2D eigenvalue weighted by atomic mass is 9.83. The van der Waals surface area contributed by atoms with E-state index in [-0.39, 0.29) is 11.4 Å². The van der Waals surface area contributed by atoms with Crippen LogP contribution in [0.5, 0.6) is 0 Å². The zero-order valence-corrected chi connectivity index (χ0v) is 20.4. The molecule has 0 unspecified atom stereocenters. The molecule has 37 heavy (non-hydrogen) atoms. The number of nitrogens with zero attached hydrogens (tertiary/aromatic N) is 5. The number of carbonyl (C=O) groups is 1. The Kier molecular flexibility index (Phi) is 6.38. The molecule has 9 nitrogen and oxygen atoms in total. The van der Waals surface area contributed by atoms with Crippen LogP contribution in [0.15, 0.2) is 55.1 Å². The Morgan fingerprint density at radius 1 is 0.946 bits per heavy atom. The van der Waals surface area contributed by atoms with Gasteiger partial charge in [0.15, 0.2) is 17.2 Å². The molecule has 0 atom stereocenters. The number of hydrogen-bond acceptors (Lipinski definition) is 7. The van der Waals surface area contributed by atoms with Gasteiger partial charge in [-0.15, -0.1) is 5.10 Å². The standard InChI is InChI=1S/C27H29FN8O/c28-21-15-29-12-10-22(21)34-27(37)24-16-31-26-23(32-18-8-9-18)14-25(35-36(24)26)33-19-6-4-17(5-7-19)13-20-3-1-2-11-30-20/h1-3,10-12,14-19,32H,4-9,13H2,(H,33,35)(H,29,34,37). The average molecular weight is 501 g/mol. The first-order valence-electron chi connectivity index (χ1n) is 12.8. The van der Waals surface area contributed by atoms with Crippen LogP contribution in [-0.4, -0.2) is 42.6 Å². The summed E-state index contributed by atoms with van der Waals surface area (Å²) in [5.74, 6) is 0.225. The lowest BCUT2D eigenvalue weighted by Crippen LogP contribution is -2.28. The van der Waals surface area contributed by atoms with Crippen LogP contribution in [0, 0.1) is 11.7 Å². The largest absolute Gasteiger partial charge is 0.379 e. The molecule has 0 spiro atoms. The fourth-order valence-corrected chi connectivity index (χ4v) is 4.95. The molecule has 4 heterocycles. The maximum Gasteiger partial charge on any atom is 0.276 e. The number of halogens is 1. The maximum atomic E-state index is 14.1. The Morgan fingerprint density at radius 3 is 2.51 bits per heavy atom. The second-order valence-electron chi connectivity index (χ2n) is 9.94. The molecule has 0 aliphatic heterocycles. The van der Waals surface area contributed by atoms with Gasteiger partial charge in [0.1, 0.15) is 5.82 Å². The van der Waals surface area contributed by atoms with Crippen molar-refractivity contribution in [3.63, 3.8) is 0 Å². The molecule has 0 radical (unpaired) electrons. The number of carbonyl (C=O) groups excluding carboxylic acids is 1. The number of pyridine rings is 2. The van der Waals surface area contributed by atoms with Gasteiger partial charge in [-0.1, -0.05) is 6.07 Å². The minimum absolute atomic E-state index is 0.0584. The molecule has 6 rings (SSSR count). The molecule has 0 aromatic carbocycles. The van der Waals surface area contributed by atoms with E-state index in [1.54, 1.807) is 0 Å². The van der Waals surface area contributed by atoms with E-state index in [1.165, 1.54) is 23.0 Å². The molecule has 0 saturated heterocycles. The van der Waals surface area contributed by atoms with Gasteiger partial charge in [0.2, 0.25) is 0 Å². The summed E-state index contributed by atoms with van der Waals surface area (Å²) in [4.78, 5) is 25.7. The van der Waals surface area contributed by atoms with Crippen LogP contribution in [0.25, 0.3) is 5.65 Å². The van der Waals surface area contributed by atoms with Crippen LogP contribution in [-0.2, 0) is 6.42 Å². The fraction of sp³-hybridized carbons (Fsp3) is 0.370. The first-order valence-corrected chi connectivity index (χ1v) is 12.8. The van der Waals surface area contributed by atoms with Crippen LogP contribution >= 0.6 is 0 Å². The van der Waals surface area contributed by atoms with Crippen molar-refractivity contribution >= 4 is 28.7 Å². The van der Waals surface area contributed by atoms with E-state index >= 15 is 0 Å². The van der Waals surface area contributed by atoms with Gasteiger partial charge in [0.05, 0.1) is 23.8 Å². The third-order valence-electron chi connectivity index (χ3n) is 7.08. The molecule has 10 heteroatoms.